The van der Waals surface area contributed by atoms with Crippen molar-refractivity contribution >= 4 is 28.7 Å². The highest BCUT2D eigenvalue weighted by Gasteiger charge is 1.98. The fraction of sp³-hybridized carbons (Fsp3) is 0.250. The molecular weight excluding hydrogens is 237 g/mol. The third-order valence-electron chi connectivity index (χ3n) is 1.49. The van der Waals surface area contributed by atoms with Gasteiger partial charge in [-0.05, 0) is 47.7 Å². The Kier molecular flexibility index (Phi) is 2.54. The summed E-state index contributed by atoms with van der Waals surface area (Å²) < 4.78 is 3.49. The third kappa shape index (κ3) is 1.26. The average molecular weight is 247 g/mol. The Labute approximate surface area is 74.9 Å². The molecule has 0 aliphatic heterocycles. The Morgan fingerprint density at radius 1 is 1.70 bits per heavy atom. The molecule has 1 aromatic rings. The van der Waals surface area contributed by atoms with Gasteiger partial charge in [0.2, 0.25) is 0 Å². The molecule has 0 radical (unpaired) electrons. The molecule has 2 heteroatoms. The second-order valence-electron chi connectivity index (χ2n) is 2.03. The van der Waals surface area contributed by atoms with E-state index >= 15 is 0 Å². The highest BCUT2D eigenvalue weighted by Crippen LogP contribution is 2.11. The monoisotopic (exact) mass is 247 g/mol. The SMILES string of the molecule is C=Cc1ccc(I)n1CC. The van der Waals surface area contributed by atoms with E-state index in [-0.39, 0.29) is 0 Å². The van der Waals surface area contributed by atoms with Crippen LogP contribution >= 0.6 is 22.6 Å². The van der Waals surface area contributed by atoms with Crippen LogP contribution in [0.4, 0.5) is 0 Å². The van der Waals surface area contributed by atoms with E-state index in [2.05, 4.69) is 52.8 Å². The number of hydrogen-bond donors (Lipinski definition) is 0. The van der Waals surface area contributed by atoms with Crippen LogP contribution in [0.5, 0.6) is 0 Å². The van der Waals surface area contributed by atoms with Crippen molar-refractivity contribution in [3.05, 3.63) is 28.1 Å². The molecule has 0 bridgehead atoms. The molecule has 1 heterocycles. The van der Waals surface area contributed by atoms with Crippen LogP contribution in [0, 0.1) is 3.70 Å². The van der Waals surface area contributed by atoms with Crippen LogP contribution in [0.25, 0.3) is 6.08 Å². The molecule has 0 atom stereocenters. The highest BCUT2D eigenvalue weighted by atomic mass is 127. The van der Waals surface area contributed by atoms with E-state index in [4.69, 9.17) is 0 Å². The summed E-state index contributed by atoms with van der Waals surface area (Å²) in [7, 11) is 0. The summed E-state index contributed by atoms with van der Waals surface area (Å²) >= 11 is 2.32. The number of aromatic nitrogens is 1. The summed E-state index contributed by atoms with van der Waals surface area (Å²) in [4.78, 5) is 0. The number of halogens is 1. The summed E-state index contributed by atoms with van der Waals surface area (Å²) in [6.07, 6.45) is 1.88. The number of rotatable bonds is 2. The Morgan fingerprint density at radius 2 is 2.40 bits per heavy atom. The number of hydrogen-bond acceptors (Lipinski definition) is 0. The van der Waals surface area contributed by atoms with Gasteiger partial charge in [-0.1, -0.05) is 6.58 Å². The lowest BCUT2D eigenvalue weighted by atomic mass is 10.4. The average Bonchev–Trinajstić information content (AvgIpc) is 2.30. The predicted molar refractivity (Wildman–Crippen MR) is 52.9 cm³/mol. The molecule has 54 valence electrons. The van der Waals surface area contributed by atoms with Crippen LogP contribution in [0.1, 0.15) is 12.6 Å². The van der Waals surface area contributed by atoms with Crippen LogP contribution in [-0.4, -0.2) is 4.57 Å². The van der Waals surface area contributed by atoms with Crippen LogP contribution in [0.15, 0.2) is 18.7 Å². The standard InChI is InChI=1S/C8H10IN/c1-3-7-5-6-8(9)10(7)4-2/h3,5-6H,1,4H2,2H3. The lowest BCUT2D eigenvalue weighted by Crippen LogP contribution is -1.97. The van der Waals surface area contributed by atoms with E-state index in [0.29, 0.717) is 0 Å². The van der Waals surface area contributed by atoms with Gasteiger partial charge in [-0.3, -0.25) is 0 Å². The molecule has 0 saturated carbocycles. The molecule has 0 saturated heterocycles. The first-order chi connectivity index (χ1) is 4.79. The van der Waals surface area contributed by atoms with Crippen molar-refractivity contribution in [2.24, 2.45) is 0 Å². The van der Waals surface area contributed by atoms with Crippen LogP contribution in [0.2, 0.25) is 0 Å². The second kappa shape index (κ2) is 3.23. The highest BCUT2D eigenvalue weighted by molar-refractivity contribution is 14.1. The van der Waals surface area contributed by atoms with Gasteiger partial charge in [-0.2, -0.15) is 0 Å². The minimum absolute atomic E-state index is 1.02. The van der Waals surface area contributed by atoms with Crippen molar-refractivity contribution < 1.29 is 0 Å². The fourth-order valence-corrected chi connectivity index (χ4v) is 1.77. The lowest BCUT2D eigenvalue weighted by molar-refractivity contribution is 0.743. The largest absolute Gasteiger partial charge is 0.337 e. The maximum atomic E-state index is 3.73. The summed E-state index contributed by atoms with van der Waals surface area (Å²) in [5.41, 5.74) is 1.20. The molecule has 0 spiro atoms. The molecule has 0 aromatic carbocycles. The summed E-state index contributed by atoms with van der Waals surface area (Å²) in [6.45, 7) is 6.88. The van der Waals surface area contributed by atoms with Crippen LogP contribution < -0.4 is 0 Å². The Hall–Kier alpha value is -0.250. The Bertz CT molecular complexity index is 237. The lowest BCUT2D eigenvalue weighted by Gasteiger charge is -2.02. The zero-order valence-electron chi connectivity index (χ0n) is 5.97. The topological polar surface area (TPSA) is 4.93 Å². The molecule has 0 N–H and O–H groups in total. The molecule has 10 heavy (non-hydrogen) atoms. The molecule has 0 aliphatic carbocycles. The Morgan fingerprint density at radius 3 is 2.80 bits per heavy atom. The smallest absolute Gasteiger partial charge is 0.0802 e. The normalized spacial score (nSPS) is 9.80. The van der Waals surface area contributed by atoms with E-state index < -0.39 is 0 Å². The molecule has 0 amide bonds. The zero-order valence-corrected chi connectivity index (χ0v) is 8.13. The van der Waals surface area contributed by atoms with Crippen molar-refractivity contribution in [3.63, 3.8) is 0 Å². The third-order valence-corrected chi connectivity index (χ3v) is 2.43. The van der Waals surface area contributed by atoms with Gasteiger partial charge < -0.3 is 4.57 Å². The Balaban J connectivity index is 3.12. The molecule has 0 aliphatic rings. The van der Waals surface area contributed by atoms with Crippen molar-refractivity contribution in [1.82, 2.24) is 4.57 Å². The van der Waals surface area contributed by atoms with E-state index in [1.165, 1.54) is 9.39 Å². The van der Waals surface area contributed by atoms with E-state index in [0.717, 1.165) is 6.54 Å². The molecule has 0 unspecified atom stereocenters. The van der Waals surface area contributed by atoms with E-state index in [9.17, 15) is 0 Å². The minimum atomic E-state index is 1.02. The summed E-state index contributed by atoms with van der Waals surface area (Å²) in [5, 5.41) is 0. The van der Waals surface area contributed by atoms with Crippen molar-refractivity contribution in [1.29, 1.82) is 0 Å². The van der Waals surface area contributed by atoms with E-state index in [1.54, 1.807) is 0 Å². The summed E-state index contributed by atoms with van der Waals surface area (Å²) in [6, 6.07) is 4.18. The van der Waals surface area contributed by atoms with Gasteiger partial charge in [0.05, 0.1) is 3.70 Å². The minimum Gasteiger partial charge on any atom is -0.337 e. The fourth-order valence-electron chi connectivity index (χ4n) is 0.969. The van der Waals surface area contributed by atoms with Crippen molar-refractivity contribution in [2.75, 3.05) is 0 Å². The molecule has 0 fully saturated rings. The van der Waals surface area contributed by atoms with Gasteiger partial charge in [0, 0.05) is 12.2 Å². The first-order valence-corrected chi connectivity index (χ1v) is 4.35. The first-order valence-electron chi connectivity index (χ1n) is 3.27. The zero-order chi connectivity index (χ0) is 7.56. The van der Waals surface area contributed by atoms with Gasteiger partial charge in [0.1, 0.15) is 0 Å². The maximum Gasteiger partial charge on any atom is 0.0802 e. The second-order valence-corrected chi connectivity index (χ2v) is 3.13. The maximum absolute atomic E-state index is 3.73. The molecule has 1 rings (SSSR count). The van der Waals surface area contributed by atoms with Gasteiger partial charge in [-0.15, -0.1) is 0 Å². The predicted octanol–water partition coefficient (Wildman–Crippen LogP) is 2.76. The molecule has 1 aromatic heterocycles. The van der Waals surface area contributed by atoms with Gasteiger partial charge in [-0.25, -0.2) is 0 Å². The van der Waals surface area contributed by atoms with Crippen LogP contribution in [0.3, 0.4) is 0 Å². The molecule has 1 nitrogen and oxygen atoms in total. The number of nitrogens with zero attached hydrogens (tertiary/aromatic N) is 1. The molecular formula is C8H10IN. The van der Waals surface area contributed by atoms with Gasteiger partial charge >= 0.3 is 0 Å². The quantitative estimate of drug-likeness (QED) is 0.708. The summed E-state index contributed by atoms with van der Waals surface area (Å²) in [5.74, 6) is 0. The van der Waals surface area contributed by atoms with Gasteiger partial charge in [0.15, 0.2) is 0 Å². The van der Waals surface area contributed by atoms with Crippen molar-refractivity contribution in [2.45, 2.75) is 13.5 Å². The van der Waals surface area contributed by atoms with Crippen LogP contribution in [-0.2, 0) is 6.54 Å². The van der Waals surface area contributed by atoms with Crippen molar-refractivity contribution in [3.8, 4) is 0 Å². The van der Waals surface area contributed by atoms with E-state index in [1.807, 2.05) is 6.08 Å². The van der Waals surface area contributed by atoms with Gasteiger partial charge in [0.25, 0.3) is 0 Å². The first kappa shape index (κ1) is 7.85.